The zero-order chi connectivity index (χ0) is 28.9. The molecule has 0 aromatic carbocycles. The molecule has 0 radical (unpaired) electrons. The number of aromatic nitrogens is 7. The van der Waals surface area contributed by atoms with Gasteiger partial charge in [0, 0.05) is 18.2 Å². The molecule has 2 aliphatic carbocycles. The Bertz CT molecular complexity index is 1780. The monoisotopic (exact) mass is 576 g/mol. The first-order valence-corrected chi connectivity index (χ1v) is 15.5. The molecule has 214 valence electrons. The van der Waals surface area contributed by atoms with Gasteiger partial charge in [-0.15, -0.1) is 0 Å². The summed E-state index contributed by atoms with van der Waals surface area (Å²) < 4.78 is 31.6. The quantitative estimate of drug-likeness (QED) is 0.292. The first kappa shape index (κ1) is 27.2. The van der Waals surface area contributed by atoms with Crippen LogP contribution in [0.1, 0.15) is 75.7 Å². The van der Waals surface area contributed by atoms with E-state index in [1.165, 1.54) is 18.6 Å². The fourth-order valence-corrected chi connectivity index (χ4v) is 5.85. The van der Waals surface area contributed by atoms with E-state index in [0.29, 0.717) is 40.3 Å². The van der Waals surface area contributed by atoms with Crippen LogP contribution in [0.15, 0.2) is 40.7 Å². The van der Waals surface area contributed by atoms with Crippen molar-refractivity contribution in [3.63, 3.8) is 0 Å². The topological polar surface area (TPSA) is 155 Å². The number of fused-ring (bicyclic) bond motifs is 1. The van der Waals surface area contributed by atoms with Crippen molar-refractivity contribution in [1.82, 2.24) is 34.5 Å². The molecule has 0 aliphatic heterocycles. The molecular weight excluding hydrogens is 544 g/mol. The number of methoxy groups -OCH3 is 1. The molecule has 41 heavy (non-hydrogen) atoms. The number of anilines is 1. The van der Waals surface area contributed by atoms with Crippen molar-refractivity contribution in [3.8, 4) is 17.3 Å². The van der Waals surface area contributed by atoms with Gasteiger partial charge < -0.3 is 10.1 Å². The lowest BCUT2D eigenvalue weighted by molar-refractivity contribution is 0.397. The first-order valence-electron chi connectivity index (χ1n) is 13.9. The summed E-state index contributed by atoms with van der Waals surface area (Å²) >= 11 is 0. The lowest BCUT2D eigenvalue weighted by Gasteiger charge is -2.20. The number of pyridine rings is 1. The highest BCUT2D eigenvalue weighted by Gasteiger charge is 2.34. The smallest absolute Gasteiger partial charge is 0.295 e. The van der Waals surface area contributed by atoms with Gasteiger partial charge in [0.05, 0.1) is 30.8 Å². The van der Waals surface area contributed by atoms with Crippen molar-refractivity contribution in [2.45, 2.75) is 69.5 Å². The van der Waals surface area contributed by atoms with E-state index >= 15 is 0 Å². The van der Waals surface area contributed by atoms with Crippen LogP contribution in [-0.2, 0) is 9.84 Å². The van der Waals surface area contributed by atoms with Crippen molar-refractivity contribution >= 4 is 26.8 Å². The summed E-state index contributed by atoms with van der Waals surface area (Å²) in [6.45, 7) is 5.48. The molecule has 13 heteroatoms. The number of ether oxygens (including phenoxy) is 1. The van der Waals surface area contributed by atoms with Crippen LogP contribution in [0.2, 0.25) is 0 Å². The van der Waals surface area contributed by atoms with E-state index in [9.17, 15) is 13.2 Å². The second kappa shape index (κ2) is 10.4. The first-order chi connectivity index (χ1) is 19.7. The average Bonchev–Trinajstić information content (AvgIpc) is 3.90. The number of rotatable bonds is 10. The zero-order valence-electron chi connectivity index (χ0n) is 23.4. The molecule has 2 saturated carbocycles. The molecule has 2 aliphatic rings. The Kier molecular flexibility index (Phi) is 6.92. The predicted molar refractivity (Wildman–Crippen MR) is 153 cm³/mol. The van der Waals surface area contributed by atoms with Crippen molar-refractivity contribution in [2.24, 2.45) is 5.92 Å². The maximum Gasteiger partial charge on any atom is 0.295 e. The van der Waals surface area contributed by atoms with Gasteiger partial charge in [0.25, 0.3) is 5.56 Å². The molecule has 2 atom stereocenters. The molecule has 1 unspecified atom stereocenters. The lowest BCUT2D eigenvalue weighted by Crippen LogP contribution is -2.30. The molecular formula is C28H32N8O4S. The summed E-state index contributed by atoms with van der Waals surface area (Å²) in [4.78, 5) is 41.0. The van der Waals surface area contributed by atoms with Crippen LogP contribution in [0, 0.1) is 5.92 Å². The number of hydrogen-bond donors (Lipinski definition) is 1. The van der Waals surface area contributed by atoms with Crippen molar-refractivity contribution in [3.05, 3.63) is 52.5 Å². The van der Waals surface area contributed by atoms with E-state index < -0.39 is 9.84 Å². The van der Waals surface area contributed by atoms with Gasteiger partial charge in [-0.2, -0.15) is 0 Å². The van der Waals surface area contributed by atoms with Gasteiger partial charge in [-0.05, 0) is 57.1 Å². The standard InChI is InChI=1S/C28H32N8O4S/c1-5-41(38,39)21-11-10-19(12-29-21)15(2)33-25-28(37)36(16(3)17-6-7-17)26-20(34-25)13-30-24(35-26)22-23(18-8-9-18)31-14-32-27(22)40-4/h10-18H,5-9H2,1-4H3,(H,33,34)/t15?,16-/m0/s1. The van der Waals surface area contributed by atoms with Crippen LogP contribution in [-0.4, -0.2) is 55.8 Å². The normalized spacial score (nSPS) is 16.9. The van der Waals surface area contributed by atoms with E-state index in [4.69, 9.17) is 9.72 Å². The van der Waals surface area contributed by atoms with Gasteiger partial charge in [0.15, 0.2) is 32.2 Å². The fraction of sp³-hybridized carbons (Fsp3) is 0.464. The Labute approximate surface area is 237 Å². The van der Waals surface area contributed by atoms with E-state index in [1.54, 1.807) is 30.9 Å². The molecule has 4 aromatic heterocycles. The molecule has 0 bridgehead atoms. The molecule has 0 saturated heterocycles. The Morgan fingerprint density at radius 2 is 1.83 bits per heavy atom. The van der Waals surface area contributed by atoms with Crippen LogP contribution in [0.25, 0.3) is 22.6 Å². The molecule has 6 rings (SSSR count). The highest BCUT2D eigenvalue weighted by molar-refractivity contribution is 7.91. The van der Waals surface area contributed by atoms with E-state index in [0.717, 1.165) is 36.9 Å². The summed E-state index contributed by atoms with van der Waals surface area (Å²) in [5, 5.41) is 3.24. The largest absolute Gasteiger partial charge is 0.480 e. The SMILES string of the molecule is CCS(=O)(=O)c1ccc(C(C)Nc2nc3cnc(-c4c(OC)ncnc4C4CC4)nc3n([C@@H](C)C3CC3)c2=O)cn1. The molecule has 0 amide bonds. The third kappa shape index (κ3) is 5.14. The Morgan fingerprint density at radius 3 is 2.46 bits per heavy atom. The lowest BCUT2D eigenvalue weighted by atomic mass is 10.1. The number of sulfone groups is 1. The highest BCUT2D eigenvalue weighted by Crippen LogP contribution is 2.45. The van der Waals surface area contributed by atoms with Gasteiger partial charge >= 0.3 is 0 Å². The van der Waals surface area contributed by atoms with Crippen LogP contribution in [0.3, 0.4) is 0 Å². The number of nitrogens with zero attached hydrogens (tertiary/aromatic N) is 7. The summed E-state index contributed by atoms with van der Waals surface area (Å²) in [7, 11) is -1.85. The molecule has 1 N–H and O–H groups in total. The Balaban J connectivity index is 1.42. The minimum atomic E-state index is -3.41. The minimum Gasteiger partial charge on any atom is -0.480 e. The number of nitrogens with one attached hydrogen (secondary N) is 1. The molecule has 4 heterocycles. The summed E-state index contributed by atoms with van der Waals surface area (Å²) in [6.07, 6.45) is 8.78. The average molecular weight is 577 g/mol. The Hall–Kier alpha value is -4.00. The molecule has 2 fully saturated rings. The van der Waals surface area contributed by atoms with Crippen LogP contribution >= 0.6 is 0 Å². The van der Waals surface area contributed by atoms with E-state index in [2.05, 4.69) is 30.2 Å². The third-order valence-electron chi connectivity index (χ3n) is 7.88. The second-order valence-corrected chi connectivity index (χ2v) is 13.0. The number of hydrogen-bond acceptors (Lipinski definition) is 11. The molecule has 12 nitrogen and oxygen atoms in total. The van der Waals surface area contributed by atoms with Crippen molar-refractivity contribution in [2.75, 3.05) is 18.2 Å². The van der Waals surface area contributed by atoms with Crippen LogP contribution in [0.5, 0.6) is 5.88 Å². The van der Waals surface area contributed by atoms with Crippen molar-refractivity contribution in [1.29, 1.82) is 0 Å². The summed E-state index contributed by atoms with van der Waals surface area (Å²) in [5.74, 6) is 1.62. The summed E-state index contributed by atoms with van der Waals surface area (Å²) in [6, 6.07) is 2.72. The molecule has 0 spiro atoms. The third-order valence-corrected chi connectivity index (χ3v) is 9.52. The van der Waals surface area contributed by atoms with Crippen LogP contribution < -0.4 is 15.6 Å². The summed E-state index contributed by atoms with van der Waals surface area (Å²) in [5.41, 5.74) is 2.85. The van der Waals surface area contributed by atoms with E-state index in [-0.39, 0.29) is 34.2 Å². The zero-order valence-corrected chi connectivity index (χ0v) is 24.2. The minimum absolute atomic E-state index is 0.0252. The Morgan fingerprint density at radius 1 is 1.05 bits per heavy atom. The van der Waals surface area contributed by atoms with Gasteiger partial charge in [-0.1, -0.05) is 13.0 Å². The predicted octanol–water partition coefficient (Wildman–Crippen LogP) is 3.86. The maximum atomic E-state index is 13.9. The molecule has 4 aromatic rings. The van der Waals surface area contributed by atoms with Crippen molar-refractivity contribution < 1.29 is 13.2 Å². The van der Waals surface area contributed by atoms with Gasteiger partial charge in [-0.3, -0.25) is 9.36 Å². The highest BCUT2D eigenvalue weighted by atomic mass is 32.2. The maximum absolute atomic E-state index is 13.9. The fourth-order valence-electron chi connectivity index (χ4n) is 5.06. The second-order valence-electron chi connectivity index (χ2n) is 10.7. The van der Waals surface area contributed by atoms with Gasteiger partial charge in [0.1, 0.15) is 17.4 Å². The van der Waals surface area contributed by atoms with Crippen LogP contribution in [0.4, 0.5) is 5.82 Å². The van der Waals surface area contributed by atoms with Gasteiger partial charge in [-0.25, -0.2) is 38.3 Å². The van der Waals surface area contributed by atoms with Gasteiger partial charge in [0.2, 0.25) is 5.88 Å². The van der Waals surface area contributed by atoms with E-state index in [1.807, 2.05) is 13.8 Å².